The molecule has 3 aromatic rings. The molecule has 0 aliphatic carbocycles. The molecule has 6 heteroatoms. The molecule has 28 heavy (non-hydrogen) atoms. The second-order valence-corrected chi connectivity index (χ2v) is 8.49. The number of hydrogen-bond donors (Lipinski definition) is 2. The highest BCUT2D eigenvalue weighted by molar-refractivity contribution is 7.98. The monoisotopic (exact) mass is 427 g/mol. The predicted molar refractivity (Wildman–Crippen MR) is 125 cm³/mol. The lowest BCUT2D eigenvalue weighted by atomic mass is 10.2. The van der Waals surface area contributed by atoms with Crippen molar-refractivity contribution in [2.45, 2.75) is 15.5 Å². The zero-order valence-corrected chi connectivity index (χ0v) is 18.2. The Balaban J connectivity index is 1.68. The van der Waals surface area contributed by atoms with Crippen LogP contribution in [0.15, 0.2) is 82.6 Å². The third-order valence-electron chi connectivity index (χ3n) is 4.22. The summed E-state index contributed by atoms with van der Waals surface area (Å²) in [5, 5.41) is 12.2. The van der Waals surface area contributed by atoms with Crippen molar-refractivity contribution < 1.29 is 0 Å². The Labute approximate surface area is 180 Å². The summed E-state index contributed by atoms with van der Waals surface area (Å²) in [6, 6.07) is 24.4. The summed E-state index contributed by atoms with van der Waals surface area (Å²) in [6.07, 6.45) is 2.02. The molecule has 2 N–H and O–H groups in total. The molecule has 0 aliphatic rings. The first-order valence-corrected chi connectivity index (χ1v) is 11.4. The molecule has 0 saturated carbocycles. The summed E-state index contributed by atoms with van der Waals surface area (Å²) >= 11 is 9.71. The van der Waals surface area contributed by atoms with E-state index in [1.807, 2.05) is 54.6 Å². The van der Waals surface area contributed by atoms with Gasteiger partial charge in [0.2, 0.25) is 0 Å². The smallest absolute Gasteiger partial charge is 0.199 e. The summed E-state index contributed by atoms with van der Waals surface area (Å²) in [5.74, 6) is 1.19. The van der Waals surface area contributed by atoms with Crippen molar-refractivity contribution >= 4 is 52.5 Å². The maximum absolute atomic E-state index is 8.44. The molecule has 0 amide bonds. The van der Waals surface area contributed by atoms with Crippen LogP contribution in [0.4, 0.5) is 11.4 Å². The van der Waals surface area contributed by atoms with Gasteiger partial charge in [-0.3, -0.25) is 5.41 Å². The highest BCUT2D eigenvalue weighted by Crippen LogP contribution is 2.29. The van der Waals surface area contributed by atoms with Crippen molar-refractivity contribution in [1.82, 2.24) is 0 Å². The molecular weight excluding hydrogens is 406 g/mol. The van der Waals surface area contributed by atoms with E-state index in [0.29, 0.717) is 5.02 Å². The Hall–Kier alpha value is -2.08. The van der Waals surface area contributed by atoms with E-state index in [2.05, 4.69) is 41.7 Å². The van der Waals surface area contributed by atoms with E-state index in [1.54, 1.807) is 23.5 Å². The molecule has 0 bridgehead atoms. The van der Waals surface area contributed by atoms with Crippen LogP contribution in [0.1, 0.15) is 5.56 Å². The van der Waals surface area contributed by atoms with Crippen molar-refractivity contribution in [2.75, 3.05) is 23.5 Å². The Morgan fingerprint density at radius 3 is 2.54 bits per heavy atom. The fraction of sp³-hybridized carbons (Fsp3) is 0.136. The molecule has 0 spiro atoms. The maximum Gasteiger partial charge on any atom is 0.199 e. The summed E-state index contributed by atoms with van der Waals surface area (Å²) in [5.41, 5.74) is 2.98. The van der Waals surface area contributed by atoms with Gasteiger partial charge in [-0.1, -0.05) is 48.0 Å². The molecule has 3 rings (SSSR count). The van der Waals surface area contributed by atoms with E-state index in [-0.39, 0.29) is 5.96 Å². The summed E-state index contributed by atoms with van der Waals surface area (Å²) in [6.45, 7) is 0. The van der Waals surface area contributed by atoms with Crippen LogP contribution in [0.2, 0.25) is 5.02 Å². The molecular formula is C22H22ClN3S2. The van der Waals surface area contributed by atoms with Crippen LogP contribution >= 0.6 is 35.1 Å². The molecule has 3 aromatic carbocycles. The molecule has 0 heterocycles. The van der Waals surface area contributed by atoms with Gasteiger partial charge in [0.05, 0.1) is 10.7 Å². The van der Waals surface area contributed by atoms with Gasteiger partial charge in [-0.2, -0.15) is 0 Å². The van der Waals surface area contributed by atoms with Gasteiger partial charge in [-0.05, 0) is 48.2 Å². The van der Waals surface area contributed by atoms with Crippen LogP contribution in [0, 0.1) is 5.41 Å². The van der Waals surface area contributed by atoms with Crippen molar-refractivity contribution in [3.05, 3.63) is 83.4 Å². The third-order valence-corrected chi connectivity index (χ3v) is 6.34. The highest BCUT2D eigenvalue weighted by Gasteiger charge is 2.11. The van der Waals surface area contributed by atoms with Gasteiger partial charge in [-0.15, -0.1) is 23.5 Å². The molecule has 0 aromatic heterocycles. The molecule has 144 valence electrons. The van der Waals surface area contributed by atoms with Crippen LogP contribution < -0.4 is 10.2 Å². The average Bonchev–Trinajstić information content (AvgIpc) is 2.74. The Morgan fingerprint density at radius 2 is 1.79 bits per heavy atom. The largest absolute Gasteiger partial charge is 0.325 e. The number of halogens is 1. The van der Waals surface area contributed by atoms with E-state index in [9.17, 15) is 0 Å². The first-order chi connectivity index (χ1) is 13.6. The maximum atomic E-state index is 8.44. The predicted octanol–water partition coefficient (Wildman–Crippen LogP) is 6.84. The van der Waals surface area contributed by atoms with E-state index >= 15 is 0 Å². The Bertz CT molecular complexity index is 948. The van der Waals surface area contributed by atoms with Crippen molar-refractivity contribution in [1.29, 1.82) is 5.41 Å². The van der Waals surface area contributed by atoms with Crippen LogP contribution in [0.25, 0.3) is 0 Å². The summed E-state index contributed by atoms with van der Waals surface area (Å²) < 4.78 is 0. The van der Waals surface area contributed by atoms with Crippen molar-refractivity contribution in [3.63, 3.8) is 0 Å². The zero-order chi connectivity index (χ0) is 19.9. The van der Waals surface area contributed by atoms with Crippen LogP contribution in [-0.2, 0) is 5.75 Å². The molecule has 0 saturated heterocycles. The van der Waals surface area contributed by atoms with Gasteiger partial charge in [0.25, 0.3) is 0 Å². The molecule has 0 atom stereocenters. The number of benzene rings is 3. The topological polar surface area (TPSA) is 39.1 Å². The van der Waals surface area contributed by atoms with Gasteiger partial charge in [-0.25, -0.2) is 0 Å². The fourth-order valence-electron chi connectivity index (χ4n) is 2.59. The zero-order valence-electron chi connectivity index (χ0n) is 15.8. The molecule has 0 fully saturated rings. The van der Waals surface area contributed by atoms with Crippen LogP contribution in [0.5, 0.6) is 0 Å². The molecule has 0 aliphatic heterocycles. The number of anilines is 2. The lowest BCUT2D eigenvalue weighted by Gasteiger charge is -2.22. The van der Waals surface area contributed by atoms with Crippen molar-refractivity contribution in [3.8, 4) is 0 Å². The normalized spacial score (nSPS) is 10.5. The second kappa shape index (κ2) is 9.92. The van der Waals surface area contributed by atoms with Gasteiger partial charge < -0.3 is 10.2 Å². The minimum atomic E-state index is 0.269. The summed E-state index contributed by atoms with van der Waals surface area (Å²) in [7, 11) is 1.88. The molecule has 3 nitrogen and oxygen atoms in total. The number of guanidine groups is 1. The quantitative estimate of drug-likeness (QED) is 0.256. The first kappa shape index (κ1) is 20.6. The number of nitrogens with zero attached hydrogens (tertiary/aromatic N) is 1. The number of nitrogens with one attached hydrogen (secondary N) is 2. The summed E-state index contributed by atoms with van der Waals surface area (Å²) in [4.78, 5) is 4.08. The lowest BCUT2D eigenvalue weighted by Crippen LogP contribution is -2.32. The average molecular weight is 428 g/mol. The second-order valence-electron chi connectivity index (χ2n) is 6.15. The molecule has 0 radical (unpaired) electrons. The standard InChI is InChI=1S/C22H22ClN3S2/c1-26(22(24)25-21-14-18(27-2)11-12-20(21)23)17-9-6-10-19(13-17)28-15-16-7-4-3-5-8-16/h3-14H,15H2,1-2H3,(H2,24,25). The molecule has 0 unspecified atom stereocenters. The van der Waals surface area contributed by atoms with Crippen molar-refractivity contribution in [2.24, 2.45) is 0 Å². The minimum Gasteiger partial charge on any atom is -0.325 e. The van der Waals surface area contributed by atoms with Crippen LogP contribution in [0.3, 0.4) is 0 Å². The number of thioether (sulfide) groups is 2. The van der Waals surface area contributed by atoms with E-state index in [4.69, 9.17) is 17.0 Å². The highest BCUT2D eigenvalue weighted by atomic mass is 35.5. The van der Waals surface area contributed by atoms with Gasteiger partial charge >= 0.3 is 0 Å². The Morgan fingerprint density at radius 1 is 1.00 bits per heavy atom. The Kier molecular flexibility index (Phi) is 7.31. The van der Waals surface area contributed by atoms with Gasteiger partial charge in [0, 0.05) is 28.3 Å². The van der Waals surface area contributed by atoms with E-state index in [0.717, 1.165) is 22.0 Å². The first-order valence-electron chi connectivity index (χ1n) is 8.76. The number of hydrogen-bond acceptors (Lipinski definition) is 3. The van der Waals surface area contributed by atoms with E-state index in [1.165, 1.54) is 10.5 Å². The minimum absolute atomic E-state index is 0.269. The number of rotatable bonds is 6. The van der Waals surface area contributed by atoms with Crippen LogP contribution in [-0.4, -0.2) is 19.3 Å². The van der Waals surface area contributed by atoms with E-state index < -0.39 is 0 Å². The third kappa shape index (κ3) is 5.47. The van der Waals surface area contributed by atoms with Gasteiger partial charge in [0.15, 0.2) is 5.96 Å². The SMILES string of the molecule is CSc1ccc(Cl)c(NC(=N)N(C)c2cccc(SCc3ccccc3)c2)c1. The lowest BCUT2D eigenvalue weighted by molar-refractivity contribution is 1.20. The van der Waals surface area contributed by atoms with Gasteiger partial charge in [0.1, 0.15) is 0 Å². The fourth-order valence-corrected chi connectivity index (χ4v) is 4.10.